The number of rotatable bonds is 5. The minimum Gasteiger partial charge on any atom is -0.395 e. The summed E-state index contributed by atoms with van der Waals surface area (Å²) in [5, 5.41) is 13.7. The van der Waals surface area contributed by atoms with Crippen molar-refractivity contribution in [2.45, 2.75) is 6.54 Å². The molecule has 0 aliphatic heterocycles. The number of nitrogens with zero attached hydrogens (tertiary/aromatic N) is 1. The number of hydrogen-bond acceptors (Lipinski definition) is 3. The van der Waals surface area contributed by atoms with Crippen LogP contribution in [-0.2, 0) is 6.54 Å². The molecule has 1 N–H and O–H groups in total. The molecule has 2 aromatic rings. The number of carbonyl (C=O) groups excluding carboxylic acids is 1. The van der Waals surface area contributed by atoms with Gasteiger partial charge in [-0.25, -0.2) is 0 Å². The summed E-state index contributed by atoms with van der Waals surface area (Å²) in [7, 11) is 0. The second kappa shape index (κ2) is 7.09. The van der Waals surface area contributed by atoms with E-state index < -0.39 is 0 Å². The molecule has 2 rings (SSSR count). The van der Waals surface area contributed by atoms with Crippen LogP contribution in [0.5, 0.6) is 0 Å². The van der Waals surface area contributed by atoms with Crippen molar-refractivity contribution in [3.05, 3.63) is 56.2 Å². The van der Waals surface area contributed by atoms with Crippen LogP contribution in [0.15, 0.2) is 35.0 Å². The molecule has 0 aliphatic rings. The summed E-state index contributed by atoms with van der Waals surface area (Å²) in [4.78, 5) is 13.9. The van der Waals surface area contributed by atoms with Gasteiger partial charge in [-0.05, 0) is 29.1 Å². The minimum atomic E-state index is -0.105. The van der Waals surface area contributed by atoms with E-state index in [1.807, 2.05) is 11.4 Å². The zero-order valence-electron chi connectivity index (χ0n) is 10.6. The Morgan fingerprint density at radius 2 is 2.05 bits per heavy atom. The highest BCUT2D eigenvalue weighted by atomic mass is 35.5. The first kappa shape index (κ1) is 15.3. The van der Waals surface area contributed by atoms with Crippen LogP contribution in [0.25, 0.3) is 0 Å². The maximum Gasteiger partial charge on any atom is 0.255 e. The lowest BCUT2D eigenvalue weighted by molar-refractivity contribution is 0.0708. The van der Waals surface area contributed by atoms with Crippen LogP contribution in [0.1, 0.15) is 15.9 Å². The first-order chi connectivity index (χ1) is 9.61. The van der Waals surface area contributed by atoms with Gasteiger partial charge in [0.1, 0.15) is 0 Å². The smallest absolute Gasteiger partial charge is 0.255 e. The number of hydrogen-bond donors (Lipinski definition) is 1. The Morgan fingerprint density at radius 1 is 1.25 bits per heavy atom. The van der Waals surface area contributed by atoms with Crippen molar-refractivity contribution < 1.29 is 9.90 Å². The summed E-state index contributed by atoms with van der Waals surface area (Å²) < 4.78 is 0. The van der Waals surface area contributed by atoms with E-state index in [2.05, 4.69) is 0 Å². The van der Waals surface area contributed by atoms with Crippen molar-refractivity contribution in [3.8, 4) is 0 Å². The van der Waals surface area contributed by atoms with E-state index in [0.29, 0.717) is 22.2 Å². The van der Waals surface area contributed by atoms with Crippen molar-refractivity contribution in [1.82, 2.24) is 4.90 Å². The van der Waals surface area contributed by atoms with Gasteiger partial charge in [-0.2, -0.15) is 11.3 Å². The zero-order valence-corrected chi connectivity index (χ0v) is 12.9. The summed E-state index contributed by atoms with van der Waals surface area (Å²) in [6.45, 7) is 0.568. The fraction of sp³-hybridized carbons (Fsp3) is 0.214. The van der Waals surface area contributed by atoms with Gasteiger partial charge in [0.25, 0.3) is 5.91 Å². The summed E-state index contributed by atoms with van der Waals surface area (Å²) in [6.07, 6.45) is 0. The van der Waals surface area contributed by atoms with Crippen molar-refractivity contribution in [2.24, 2.45) is 0 Å². The largest absolute Gasteiger partial charge is 0.395 e. The van der Waals surface area contributed by atoms with Gasteiger partial charge in [-0.1, -0.05) is 29.3 Å². The fourth-order valence-corrected chi connectivity index (χ4v) is 2.75. The molecule has 20 heavy (non-hydrogen) atoms. The van der Waals surface area contributed by atoms with Crippen molar-refractivity contribution >= 4 is 40.4 Å². The highest BCUT2D eigenvalue weighted by Crippen LogP contribution is 2.23. The number of benzene rings is 1. The van der Waals surface area contributed by atoms with E-state index in [1.54, 1.807) is 28.5 Å². The maximum atomic E-state index is 12.3. The lowest BCUT2D eigenvalue weighted by Gasteiger charge is -2.21. The lowest BCUT2D eigenvalue weighted by Crippen LogP contribution is -2.32. The van der Waals surface area contributed by atoms with Gasteiger partial charge in [0.15, 0.2) is 0 Å². The van der Waals surface area contributed by atoms with Gasteiger partial charge >= 0.3 is 0 Å². The molecule has 3 nitrogen and oxygen atoms in total. The van der Waals surface area contributed by atoms with Crippen LogP contribution in [-0.4, -0.2) is 29.1 Å². The van der Waals surface area contributed by atoms with E-state index >= 15 is 0 Å². The first-order valence-electron chi connectivity index (χ1n) is 5.98. The van der Waals surface area contributed by atoms with Gasteiger partial charge in [-0.3, -0.25) is 4.79 Å². The Labute approximate surface area is 131 Å². The maximum absolute atomic E-state index is 12.3. The number of amides is 1. The van der Waals surface area contributed by atoms with E-state index in [4.69, 9.17) is 28.3 Å². The predicted molar refractivity (Wildman–Crippen MR) is 82.6 cm³/mol. The summed E-state index contributed by atoms with van der Waals surface area (Å²) in [6, 6.07) is 7.02. The van der Waals surface area contributed by atoms with Gasteiger partial charge in [0.05, 0.1) is 22.2 Å². The molecule has 6 heteroatoms. The molecule has 0 unspecified atom stereocenters. The summed E-state index contributed by atoms with van der Waals surface area (Å²) in [5.41, 5.74) is 1.50. The topological polar surface area (TPSA) is 40.5 Å². The normalized spacial score (nSPS) is 10.6. The molecular weight excluding hydrogens is 317 g/mol. The molecule has 0 saturated heterocycles. The third-order valence-electron chi connectivity index (χ3n) is 2.78. The van der Waals surface area contributed by atoms with E-state index in [1.165, 1.54) is 11.3 Å². The van der Waals surface area contributed by atoms with Crippen LogP contribution in [0, 0.1) is 0 Å². The molecule has 1 aromatic carbocycles. The number of halogens is 2. The molecule has 1 aromatic heterocycles. The van der Waals surface area contributed by atoms with E-state index in [0.717, 1.165) is 5.56 Å². The molecule has 1 heterocycles. The van der Waals surface area contributed by atoms with E-state index in [-0.39, 0.29) is 19.1 Å². The second-order valence-corrected chi connectivity index (χ2v) is 5.81. The van der Waals surface area contributed by atoms with Crippen molar-refractivity contribution in [2.75, 3.05) is 13.2 Å². The molecule has 0 saturated carbocycles. The van der Waals surface area contributed by atoms with Gasteiger partial charge in [-0.15, -0.1) is 0 Å². The molecule has 0 radical (unpaired) electrons. The fourth-order valence-electron chi connectivity index (χ4n) is 1.80. The third kappa shape index (κ3) is 3.73. The van der Waals surface area contributed by atoms with Gasteiger partial charge < -0.3 is 10.0 Å². The first-order valence-corrected chi connectivity index (χ1v) is 7.68. The lowest BCUT2D eigenvalue weighted by atomic mass is 10.2. The van der Waals surface area contributed by atoms with Gasteiger partial charge in [0.2, 0.25) is 0 Å². The Kier molecular flexibility index (Phi) is 5.43. The number of carbonyl (C=O) groups is 1. The van der Waals surface area contributed by atoms with Crippen LogP contribution >= 0.6 is 34.5 Å². The Bertz CT molecular complexity index is 587. The Morgan fingerprint density at radius 3 is 2.65 bits per heavy atom. The molecule has 0 aliphatic carbocycles. The number of aliphatic hydroxyl groups excluding tert-OH is 1. The monoisotopic (exact) mass is 329 g/mol. The molecule has 0 fully saturated rings. The summed E-state index contributed by atoms with van der Waals surface area (Å²) in [5.74, 6) is -0.105. The Balaban J connectivity index is 2.16. The minimum absolute atomic E-state index is 0.0861. The molecule has 1 amide bonds. The number of thiophene rings is 1. The SMILES string of the molecule is O=C(c1ccsc1)N(CCO)Cc1ccc(Cl)c(Cl)c1. The van der Waals surface area contributed by atoms with Crippen molar-refractivity contribution in [3.63, 3.8) is 0 Å². The average molecular weight is 330 g/mol. The highest BCUT2D eigenvalue weighted by molar-refractivity contribution is 7.08. The molecular formula is C14H13Cl2NO2S. The third-order valence-corrected chi connectivity index (χ3v) is 4.20. The molecule has 106 valence electrons. The molecule has 0 spiro atoms. The molecule has 0 bridgehead atoms. The quantitative estimate of drug-likeness (QED) is 0.908. The van der Waals surface area contributed by atoms with Gasteiger partial charge in [0, 0.05) is 18.5 Å². The highest BCUT2D eigenvalue weighted by Gasteiger charge is 2.16. The average Bonchev–Trinajstić information content (AvgIpc) is 2.95. The van der Waals surface area contributed by atoms with Crippen LogP contribution in [0.3, 0.4) is 0 Å². The predicted octanol–water partition coefficient (Wildman–Crippen LogP) is 3.69. The van der Waals surface area contributed by atoms with Crippen molar-refractivity contribution in [1.29, 1.82) is 0 Å². The van der Waals surface area contributed by atoms with E-state index in [9.17, 15) is 4.79 Å². The Hall–Kier alpha value is -1.07. The molecule has 0 atom stereocenters. The van der Waals surface area contributed by atoms with Crippen LogP contribution in [0.2, 0.25) is 10.0 Å². The number of aliphatic hydroxyl groups is 1. The summed E-state index contributed by atoms with van der Waals surface area (Å²) >= 11 is 13.3. The van der Waals surface area contributed by atoms with Crippen LogP contribution in [0.4, 0.5) is 0 Å². The van der Waals surface area contributed by atoms with Crippen LogP contribution < -0.4 is 0 Å². The second-order valence-electron chi connectivity index (χ2n) is 4.21. The standard InChI is InChI=1S/C14H13Cl2NO2S/c15-12-2-1-10(7-13(12)16)8-17(4-5-18)14(19)11-3-6-20-9-11/h1-3,6-7,9,18H,4-5,8H2. The zero-order chi connectivity index (χ0) is 14.5.